The smallest absolute Gasteiger partial charge is 0.374 e. The molecule has 0 aromatic rings. The lowest BCUT2D eigenvalue weighted by Gasteiger charge is -2.03. The first kappa shape index (κ1) is 14.3. The third-order valence-corrected chi connectivity index (χ3v) is 1.82. The van der Waals surface area contributed by atoms with Gasteiger partial charge in [-0.1, -0.05) is 26.2 Å². The molecule has 5 heteroatoms. The molecule has 0 unspecified atom stereocenters. The highest BCUT2D eigenvalue weighted by Crippen LogP contribution is 1.98. The summed E-state index contributed by atoms with van der Waals surface area (Å²) in [5.41, 5.74) is 0. The van der Waals surface area contributed by atoms with E-state index in [9.17, 15) is 9.32 Å². The lowest BCUT2D eigenvalue weighted by atomic mass is 10.2. The molecule has 0 atom stereocenters. The molecular weight excluding hydrogens is 203 g/mol. The van der Waals surface area contributed by atoms with Crippen molar-refractivity contribution in [3.05, 3.63) is 0 Å². The van der Waals surface area contributed by atoms with E-state index in [1.807, 2.05) is 0 Å². The van der Waals surface area contributed by atoms with Gasteiger partial charge in [0.2, 0.25) is 0 Å². The zero-order valence-corrected chi connectivity index (χ0v) is 9.17. The highest BCUT2D eigenvalue weighted by molar-refractivity contribution is 5.69. The van der Waals surface area contributed by atoms with Crippen molar-refractivity contribution in [2.45, 2.75) is 32.6 Å². The van der Waals surface area contributed by atoms with Gasteiger partial charge in [0.05, 0.1) is 13.2 Å². The summed E-state index contributed by atoms with van der Waals surface area (Å²) in [5.74, 6) is -1.02. The van der Waals surface area contributed by atoms with E-state index in [2.05, 4.69) is 11.9 Å². The fourth-order valence-electron chi connectivity index (χ4n) is 1.03. The molecule has 0 aliphatic heterocycles. The lowest BCUT2D eigenvalue weighted by molar-refractivity contribution is -0.189. The minimum absolute atomic E-state index is 0.281. The van der Waals surface area contributed by atoms with Crippen LogP contribution in [0.1, 0.15) is 32.6 Å². The number of carbonyl (C=O) groups excluding carboxylic acids is 1. The minimum Gasteiger partial charge on any atom is -0.379 e. The van der Waals surface area contributed by atoms with E-state index in [1.165, 1.54) is 19.3 Å². The second-order valence-electron chi connectivity index (χ2n) is 3.17. The van der Waals surface area contributed by atoms with Gasteiger partial charge < -0.3 is 9.47 Å². The zero-order valence-electron chi connectivity index (χ0n) is 9.17. The molecule has 0 amide bonds. The topological polar surface area (TPSA) is 44.8 Å². The normalized spacial score (nSPS) is 10.3. The van der Waals surface area contributed by atoms with Crippen molar-refractivity contribution in [3.63, 3.8) is 0 Å². The third kappa shape index (κ3) is 11.2. The summed E-state index contributed by atoms with van der Waals surface area (Å²) >= 11 is 0. The largest absolute Gasteiger partial charge is 0.379 e. The van der Waals surface area contributed by atoms with Crippen molar-refractivity contribution in [3.8, 4) is 0 Å². The molecule has 0 bridgehead atoms. The second kappa shape index (κ2) is 11.4. The van der Waals surface area contributed by atoms with Crippen LogP contribution in [0.4, 0.5) is 4.53 Å². The second-order valence-corrected chi connectivity index (χ2v) is 3.17. The van der Waals surface area contributed by atoms with E-state index in [1.54, 1.807) is 0 Å². The van der Waals surface area contributed by atoms with Crippen LogP contribution in [0, 0.1) is 0 Å². The maximum absolute atomic E-state index is 11.2. The van der Waals surface area contributed by atoms with Gasteiger partial charge in [0.1, 0.15) is 6.61 Å². The molecule has 0 N–H and O–H groups in total. The van der Waals surface area contributed by atoms with Crippen LogP contribution in [-0.4, -0.2) is 32.4 Å². The molecule has 0 aliphatic rings. The predicted molar refractivity (Wildman–Crippen MR) is 53.0 cm³/mol. The molecule has 4 nitrogen and oxygen atoms in total. The molecule has 90 valence electrons. The summed E-state index contributed by atoms with van der Waals surface area (Å²) in [6.45, 7) is 3.19. The number of ether oxygens (including phenoxy) is 2. The maximum Gasteiger partial charge on any atom is 0.374 e. The molecule has 0 saturated heterocycles. The van der Waals surface area contributed by atoms with Crippen LogP contribution in [0.2, 0.25) is 0 Å². The van der Waals surface area contributed by atoms with E-state index < -0.39 is 5.97 Å². The Morgan fingerprint density at radius 3 is 2.47 bits per heavy atom. The van der Waals surface area contributed by atoms with Gasteiger partial charge in [-0.25, -0.2) is 4.79 Å². The van der Waals surface area contributed by atoms with Crippen LogP contribution in [0.15, 0.2) is 0 Å². The van der Waals surface area contributed by atoms with E-state index >= 15 is 0 Å². The highest BCUT2D eigenvalue weighted by atomic mass is 19.3. The van der Waals surface area contributed by atoms with Crippen molar-refractivity contribution >= 4 is 5.97 Å². The number of rotatable bonds is 10. The highest BCUT2D eigenvalue weighted by Gasteiger charge is 2.01. The van der Waals surface area contributed by atoms with Crippen molar-refractivity contribution in [2.24, 2.45) is 0 Å². The van der Waals surface area contributed by atoms with Crippen LogP contribution < -0.4 is 0 Å². The number of halogens is 1. The Morgan fingerprint density at radius 1 is 1.07 bits per heavy atom. The van der Waals surface area contributed by atoms with Gasteiger partial charge in [-0.2, -0.15) is 0 Å². The molecule has 0 rings (SSSR count). The van der Waals surface area contributed by atoms with Crippen LogP contribution in [0.3, 0.4) is 0 Å². The Balaban J connectivity index is 2.95. The molecule has 0 heterocycles. The van der Waals surface area contributed by atoms with Gasteiger partial charge in [0.25, 0.3) is 0 Å². The summed E-state index contributed by atoms with van der Waals surface area (Å²) < 4.78 is 21.2. The average molecular weight is 222 g/mol. The first-order valence-electron chi connectivity index (χ1n) is 5.28. The van der Waals surface area contributed by atoms with E-state index in [0.717, 1.165) is 6.42 Å². The maximum atomic E-state index is 11.2. The Kier molecular flexibility index (Phi) is 10.9. The van der Waals surface area contributed by atoms with E-state index in [0.29, 0.717) is 13.2 Å². The minimum atomic E-state index is -1.02. The fraction of sp³-hybridized carbons (Fsp3) is 0.900. The molecule has 0 aromatic heterocycles. The summed E-state index contributed by atoms with van der Waals surface area (Å²) in [7, 11) is 0. The zero-order chi connectivity index (χ0) is 11.4. The number of unbranched alkanes of at least 4 members (excludes halogenated alkanes) is 3. The fourth-order valence-corrected chi connectivity index (χ4v) is 1.03. The number of carbonyl (C=O) groups is 1. The van der Waals surface area contributed by atoms with Crippen LogP contribution in [0.25, 0.3) is 0 Å². The standard InChI is InChI=1S/C10H19FO4/c1-2-3-4-5-6-13-7-8-14-9-10(12)15-11/h2-9H2,1H3. The SMILES string of the molecule is CCCCCCOCCOCC(=O)OF. The molecule has 0 spiro atoms. The van der Waals surface area contributed by atoms with Gasteiger partial charge >= 0.3 is 5.97 Å². The average Bonchev–Trinajstić information content (AvgIpc) is 2.26. The summed E-state index contributed by atoms with van der Waals surface area (Å²) in [6.07, 6.45) is 4.64. The predicted octanol–water partition coefficient (Wildman–Crippen LogP) is 2.03. The molecule has 0 aliphatic carbocycles. The van der Waals surface area contributed by atoms with E-state index in [-0.39, 0.29) is 13.2 Å². The van der Waals surface area contributed by atoms with Crippen molar-refractivity contribution < 1.29 is 23.7 Å². The lowest BCUT2D eigenvalue weighted by Crippen LogP contribution is -2.12. The Bertz CT molecular complexity index is 152. The molecule has 0 fully saturated rings. The van der Waals surface area contributed by atoms with Gasteiger partial charge in [-0.05, 0) is 6.42 Å². The monoisotopic (exact) mass is 222 g/mol. The molecule has 15 heavy (non-hydrogen) atoms. The number of hydrogen-bond acceptors (Lipinski definition) is 4. The van der Waals surface area contributed by atoms with Crippen LogP contribution in [-0.2, 0) is 19.2 Å². The molecule has 0 radical (unpaired) electrons. The van der Waals surface area contributed by atoms with Crippen molar-refractivity contribution in [1.29, 1.82) is 0 Å². The van der Waals surface area contributed by atoms with E-state index in [4.69, 9.17) is 9.47 Å². The summed E-state index contributed by atoms with van der Waals surface area (Å²) in [6, 6.07) is 0. The molecule has 0 saturated carbocycles. The third-order valence-electron chi connectivity index (χ3n) is 1.82. The van der Waals surface area contributed by atoms with Crippen molar-refractivity contribution in [2.75, 3.05) is 26.4 Å². The number of hydrogen-bond donors (Lipinski definition) is 0. The first-order chi connectivity index (χ1) is 7.31. The Labute approximate surface area is 89.6 Å². The Morgan fingerprint density at radius 2 is 1.80 bits per heavy atom. The van der Waals surface area contributed by atoms with Gasteiger partial charge in [-0.3, -0.25) is 4.94 Å². The van der Waals surface area contributed by atoms with Crippen LogP contribution in [0.5, 0.6) is 0 Å². The quantitative estimate of drug-likeness (QED) is 0.530. The van der Waals surface area contributed by atoms with Gasteiger partial charge in [0, 0.05) is 11.1 Å². The van der Waals surface area contributed by atoms with Crippen LogP contribution >= 0.6 is 0 Å². The molecular formula is C10H19FO4. The van der Waals surface area contributed by atoms with Crippen molar-refractivity contribution in [1.82, 2.24) is 0 Å². The van der Waals surface area contributed by atoms with Gasteiger partial charge in [-0.15, -0.1) is 0 Å². The Hall–Kier alpha value is -0.680. The van der Waals surface area contributed by atoms with Gasteiger partial charge in [0.15, 0.2) is 0 Å². The molecule has 0 aromatic carbocycles. The summed E-state index contributed by atoms with van der Waals surface area (Å²) in [4.78, 5) is 13.2. The summed E-state index contributed by atoms with van der Waals surface area (Å²) in [5, 5.41) is 0. The first-order valence-corrected chi connectivity index (χ1v) is 5.28.